The zero-order chi connectivity index (χ0) is 19.2. The van der Waals surface area contributed by atoms with Crippen molar-refractivity contribution in [3.63, 3.8) is 0 Å². The van der Waals surface area contributed by atoms with Gasteiger partial charge in [-0.25, -0.2) is 4.98 Å². The first-order chi connectivity index (χ1) is 13.1. The third-order valence-electron chi connectivity index (χ3n) is 4.76. The van der Waals surface area contributed by atoms with Crippen molar-refractivity contribution in [2.45, 2.75) is 20.3 Å². The summed E-state index contributed by atoms with van der Waals surface area (Å²) >= 11 is 0. The average Bonchev–Trinajstić information content (AvgIpc) is 2.68. The van der Waals surface area contributed by atoms with E-state index in [1.54, 1.807) is 14.0 Å². The van der Waals surface area contributed by atoms with Crippen LogP contribution in [0.15, 0.2) is 30.3 Å². The van der Waals surface area contributed by atoms with Gasteiger partial charge in [0, 0.05) is 51.4 Å². The van der Waals surface area contributed by atoms with Crippen LogP contribution in [0.4, 0.5) is 11.8 Å². The van der Waals surface area contributed by atoms with Crippen molar-refractivity contribution in [3.05, 3.63) is 41.6 Å². The van der Waals surface area contributed by atoms with Gasteiger partial charge < -0.3 is 19.9 Å². The van der Waals surface area contributed by atoms with Crippen LogP contribution in [0.1, 0.15) is 18.2 Å². The van der Waals surface area contributed by atoms with Crippen LogP contribution in [0.3, 0.4) is 0 Å². The third kappa shape index (κ3) is 4.87. The van der Waals surface area contributed by atoms with E-state index in [0.29, 0.717) is 5.95 Å². The van der Waals surface area contributed by atoms with Crippen LogP contribution in [-0.4, -0.2) is 60.6 Å². The molecule has 2 heterocycles. The Bertz CT molecular complexity index is 788. The Balaban J connectivity index is 1.61. The number of aryl methyl sites for hydroxylation is 1. The number of anilines is 2. The van der Waals surface area contributed by atoms with Crippen molar-refractivity contribution >= 4 is 17.7 Å². The number of para-hydroxylation sites is 1. The number of carbonyl (C=O) groups excluding carboxylic acids is 1. The molecule has 1 aliphatic heterocycles. The Morgan fingerprint density at radius 3 is 2.63 bits per heavy atom. The van der Waals surface area contributed by atoms with Crippen LogP contribution in [-0.2, 0) is 11.2 Å². The quantitative estimate of drug-likeness (QED) is 0.841. The Labute approximate surface area is 160 Å². The summed E-state index contributed by atoms with van der Waals surface area (Å²) in [6.07, 6.45) is 0.827. The summed E-state index contributed by atoms with van der Waals surface area (Å²) in [5, 5.41) is 3.32. The molecule has 1 N–H and O–H groups in total. The van der Waals surface area contributed by atoms with Gasteiger partial charge in [0.25, 0.3) is 0 Å². The summed E-state index contributed by atoms with van der Waals surface area (Å²) in [5.74, 6) is 2.57. The Morgan fingerprint density at radius 1 is 1.19 bits per heavy atom. The zero-order valence-electron chi connectivity index (χ0n) is 16.2. The van der Waals surface area contributed by atoms with Gasteiger partial charge in [-0.1, -0.05) is 18.2 Å². The molecule has 1 amide bonds. The number of aromatic nitrogens is 2. The number of rotatable bonds is 6. The lowest BCUT2D eigenvalue weighted by Gasteiger charge is -2.35. The molecule has 0 saturated carbocycles. The van der Waals surface area contributed by atoms with Crippen molar-refractivity contribution < 1.29 is 9.53 Å². The fourth-order valence-electron chi connectivity index (χ4n) is 3.26. The first-order valence-corrected chi connectivity index (χ1v) is 9.28. The Hall–Kier alpha value is -2.83. The fraction of sp³-hybridized carbons (Fsp3) is 0.450. The van der Waals surface area contributed by atoms with Crippen LogP contribution in [0, 0.1) is 6.92 Å². The molecule has 7 nitrogen and oxygen atoms in total. The summed E-state index contributed by atoms with van der Waals surface area (Å²) in [7, 11) is 1.69. The van der Waals surface area contributed by atoms with Crippen molar-refractivity contribution in [2.24, 2.45) is 0 Å². The highest BCUT2D eigenvalue weighted by Crippen LogP contribution is 2.19. The minimum atomic E-state index is 0.132. The van der Waals surface area contributed by atoms with Gasteiger partial charge in [-0.2, -0.15) is 4.98 Å². The van der Waals surface area contributed by atoms with E-state index in [-0.39, 0.29) is 5.91 Å². The van der Waals surface area contributed by atoms with Crippen molar-refractivity contribution in [3.8, 4) is 5.75 Å². The molecular formula is C20H27N5O2. The fourth-order valence-corrected chi connectivity index (χ4v) is 3.26. The van der Waals surface area contributed by atoms with E-state index in [4.69, 9.17) is 4.74 Å². The van der Waals surface area contributed by atoms with E-state index in [9.17, 15) is 4.79 Å². The molecule has 2 aromatic rings. The van der Waals surface area contributed by atoms with Crippen LogP contribution in [0.2, 0.25) is 0 Å². The number of amides is 1. The highest BCUT2D eigenvalue weighted by atomic mass is 16.5. The highest BCUT2D eigenvalue weighted by Gasteiger charge is 2.20. The van der Waals surface area contributed by atoms with Gasteiger partial charge >= 0.3 is 0 Å². The maximum absolute atomic E-state index is 11.5. The lowest BCUT2D eigenvalue weighted by molar-refractivity contribution is -0.129. The second-order valence-electron chi connectivity index (χ2n) is 6.67. The van der Waals surface area contributed by atoms with Crippen molar-refractivity contribution in [1.82, 2.24) is 14.9 Å². The standard InChI is InChI=1S/C20H27N5O2/c1-15-14-19(25-12-10-24(11-13-25)16(2)26)23-20(22-15)21-9-8-17-6-4-5-7-18(17)27-3/h4-7,14H,8-13H2,1-3H3,(H,21,22,23). The third-order valence-corrected chi connectivity index (χ3v) is 4.76. The summed E-state index contributed by atoms with van der Waals surface area (Å²) in [4.78, 5) is 24.7. The van der Waals surface area contributed by atoms with Gasteiger partial charge in [0.1, 0.15) is 11.6 Å². The van der Waals surface area contributed by atoms with E-state index >= 15 is 0 Å². The molecule has 0 aliphatic carbocycles. The van der Waals surface area contributed by atoms with E-state index in [2.05, 4.69) is 26.3 Å². The highest BCUT2D eigenvalue weighted by molar-refractivity contribution is 5.73. The maximum atomic E-state index is 11.5. The van der Waals surface area contributed by atoms with Gasteiger partial charge in [0.15, 0.2) is 0 Å². The van der Waals surface area contributed by atoms with Gasteiger partial charge in [0.2, 0.25) is 11.9 Å². The van der Waals surface area contributed by atoms with Crippen LogP contribution in [0.25, 0.3) is 0 Å². The number of benzene rings is 1. The largest absolute Gasteiger partial charge is 0.496 e. The number of hydrogen-bond acceptors (Lipinski definition) is 6. The second kappa shape index (κ2) is 8.70. The van der Waals surface area contributed by atoms with E-state index in [1.165, 1.54) is 0 Å². The number of carbonyl (C=O) groups is 1. The summed E-state index contributed by atoms with van der Waals surface area (Å²) in [6, 6.07) is 10.0. The average molecular weight is 369 g/mol. The number of piperazine rings is 1. The number of nitrogens with zero attached hydrogens (tertiary/aromatic N) is 4. The number of ether oxygens (including phenoxy) is 1. The number of methoxy groups -OCH3 is 1. The maximum Gasteiger partial charge on any atom is 0.224 e. The Morgan fingerprint density at radius 2 is 1.93 bits per heavy atom. The van der Waals surface area contributed by atoms with Gasteiger partial charge in [-0.15, -0.1) is 0 Å². The first kappa shape index (κ1) is 18.9. The SMILES string of the molecule is COc1ccccc1CCNc1nc(C)cc(N2CCN(C(C)=O)CC2)n1. The molecule has 7 heteroatoms. The molecule has 0 atom stereocenters. The predicted molar refractivity (Wildman–Crippen MR) is 106 cm³/mol. The van der Waals surface area contributed by atoms with E-state index in [0.717, 1.165) is 62.0 Å². The summed E-state index contributed by atoms with van der Waals surface area (Å²) in [5.41, 5.74) is 2.08. The summed E-state index contributed by atoms with van der Waals surface area (Å²) in [6.45, 7) is 7.36. The van der Waals surface area contributed by atoms with E-state index in [1.807, 2.05) is 36.1 Å². The molecule has 0 bridgehead atoms. The minimum absolute atomic E-state index is 0.132. The number of hydrogen-bond donors (Lipinski definition) is 1. The predicted octanol–water partition coefficient (Wildman–Crippen LogP) is 2.12. The summed E-state index contributed by atoms with van der Waals surface area (Å²) < 4.78 is 5.40. The monoisotopic (exact) mass is 369 g/mol. The van der Waals surface area contributed by atoms with Gasteiger partial charge in [-0.3, -0.25) is 4.79 Å². The van der Waals surface area contributed by atoms with Crippen LogP contribution in [0.5, 0.6) is 5.75 Å². The van der Waals surface area contributed by atoms with E-state index < -0.39 is 0 Å². The van der Waals surface area contributed by atoms with Crippen molar-refractivity contribution in [2.75, 3.05) is 50.1 Å². The first-order valence-electron chi connectivity index (χ1n) is 9.28. The molecular weight excluding hydrogens is 342 g/mol. The molecule has 0 radical (unpaired) electrons. The molecule has 144 valence electrons. The topological polar surface area (TPSA) is 70.6 Å². The van der Waals surface area contributed by atoms with Gasteiger partial charge in [0.05, 0.1) is 7.11 Å². The molecule has 27 heavy (non-hydrogen) atoms. The van der Waals surface area contributed by atoms with Gasteiger partial charge in [-0.05, 0) is 25.0 Å². The minimum Gasteiger partial charge on any atom is -0.496 e. The van der Waals surface area contributed by atoms with Crippen LogP contribution >= 0.6 is 0 Å². The Kier molecular flexibility index (Phi) is 6.11. The molecule has 1 saturated heterocycles. The molecule has 1 aromatic heterocycles. The lowest BCUT2D eigenvalue weighted by Crippen LogP contribution is -2.48. The van der Waals surface area contributed by atoms with Crippen LogP contribution < -0.4 is 15.0 Å². The molecule has 1 aliphatic rings. The smallest absolute Gasteiger partial charge is 0.224 e. The normalized spacial score (nSPS) is 14.2. The van der Waals surface area contributed by atoms with Crippen molar-refractivity contribution in [1.29, 1.82) is 0 Å². The molecule has 0 unspecified atom stereocenters. The number of nitrogens with one attached hydrogen (secondary N) is 1. The molecule has 1 aromatic carbocycles. The second-order valence-corrected chi connectivity index (χ2v) is 6.67. The zero-order valence-corrected chi connectivity index (χ0v) is 16.2. The lowest BCUT2D eigenvalue weighted by atomic mass is 10.1. The molecule has 1 fully saturated rings. The molecule has 0 spiro atoms. The molecule has 3 rings (SSSR count).